The highest BCUT2D eigenvalue weighted by atomic mass is 16.6. The van der Waals surface area contributed by atoms with Crippen molar-refractivity contribution in [3.05, 3.63) is 113 Å². The van der Waals surface area contributed by atoms with Gasteiger partial charge in [-0.1, -0.05) is 68.4 Å². The van der Waals surface area contributed by atoms with Crippen molar-refractivity contribution in [1.82, 2.24) is 5.32 Å². The maximum atomic E-state index is 15.5. The summed E-state index contributed by atoms with van der Waals surface area (Å²) in [6, 6.07) is 20.7. The predicted octanol–water partition coefficient (Wildman–Crippen LogP) is 3.32. The molecule has 16 heteroatoms. The van der Waals surface area contributed by atoms with Crippen LogP contribution in [0.3, 0.4) is 0 Å². The van der Waals surface area contributed by atoms with Gasteiger partial charge < -0.3 is 50.1 Å². The van der Waals surface area contributed by atoms with Crippen molar-refractivity contribution < 1.29 is 67.8 Å². The van der Waals surface area contributed by atoms with Crippen molar-refractivity contribution in [2.24, 2.45) is 16.7 Å². The van der Waals surface area contributed by atoms with Gasteiger partial charge in [-0.25, -0.2) is 9.59 Å². The molecule has 63 heavy (non-hydrogen) atoms. The average molecular weight is 869 g/mol. The number of rotatable bonds is 10. The molecule has 6 N–H and O–H groups in total. The molecule has 334 valence electrons. The highest BCUT2D eigenvalue weighted by Gasteiger charge is 2.78. The van der Waals surface area contributed by atoms with E-state index in [1.54, 1.807) is 74.5 Å². The number of carbonyl (C=O) groups excluding carboxylic acids is 6. The number of esters is 4. The normalized spacial score (nSPS) is 31.5. The number of hydrogen-bond donors (Lipinski definition) is 5. The fourth-order valence-corrected chi connectivity index (χ4v) is 10.3. The van der Waals surface area contributed by atoms with Crippen LogP contribution in [0, 0.1) is 16.7 Å². The van der Waals surface area contributed by atoms with Crippen LogP contribution in [-0.2, 0) is 42.9 Å². The molecule has 0 spiro atoms. The molecule has 3 aromatic carbocycles. The highest BCUT2D eigenvalue weighted by molar-refractivity contribution is 5.96. The lowest BCUT2D eigenvalue weighted by atomic mass is 9.44. The minimum Gasteiger partial charge on any atom is -0.456 e. The molecule has 2 saturated carbocycles. The Balaban J connectivity index is 1.38. The van der Waals surface area contributed by atoms with E-state index in [0.717, 1.165) is 13.8 Å². The molecule has 1 aliphatic heterocycles. The fraction of sp³-hybridized carbons (Fsp3) is 0.447. The molecule has 3 fully saturated rings. The molecule has 1 saturated heterocycles. The minimum atomic E-state index is -2.40. The quantitative estimate of drug-likeness (QED) is 0.0849. The molecule has 0 radical (unpaired) electrons. The predicted molar refractivity (Wildman–Crippen MR) is 222 cm³/mol. The Hall–Kier alpha value is -5.94. The molecule has 4 aliphatic rings. The Kier molecular flexibility index (Phi) is 11.9. The minimum absolute atomic E-state index is 0.0144. The van der Waals surface area contributed by atoms with E-state index in [-0.39, 0.29) is 35.3 Å². The van der Waals surface area contributed by atoms with Gasteiger partial charge in [0, 0.05) is 43.4 Å². The number of amides is 1. The Morgan fingerprint density at radius 3 is 2.10 bits per heavy atom. The van der Waals surface area contributed by atoms with Gasteiger partial charge in [0.25, 0.3) is 5.91 Å². The Morgan fingerprint density at radius 1 is 0.873 bits per heavy atom. The molecule has 7 rings (SSSR count). The molecule has 16 nitrogen and oxygen atoms in total. The molecule has 1 heterocycles. The van der Waals surface area contributed by atoms with E-state index < -0.39 is 113 Å². The van der Waals surface area contributed by atoms with Crippen LogP contribution in [0.2, 0.25) is 0 Å². The maximum Gasteiger partial charge on any atom is 0.338 e. The maximum absolute atomic E-state index is 15.5. The number of anilines is 1. The van der Waals surface area contributed by atoms with Crippen LogP contribution in [0.1, 0.15) is 86.7 Å². The number of nitrogen functional groups attached to an aromatic ring is 1. The number of aliphatic hydroxyl groups excluding tert-OH is 2. The largest absolute Gasteiger partial charge is 0.456 e. The van der Waals surface area contributed by atoms with Crippen LogP contribution in [-0.4, -0.2) is 105 Å². The highest BCUT2D eigenvalue weighted by Crippen LogP contribution is 2.64. The van der Waals surface area contributed by atoms with Crippen molar-refractivity contribution >= 4 is 41.3 Å². The standard InChI is InChI=1S/C47H52N2O14/c1-24-31(61-43(57)36(53)35(27-14-9-7-10-15-27)49-41(55)29-18-13-19-30(48)20-29)22-47(58)40(62-42(56)28-16-11-8-12-17-28)38-45(6,32(52)21-33-46(38,23-59-33)63-26(3)51)39(54)37(60-25(2)50)34(24)44(47,4)5/h7-20,31-33,35-38,40,52-53,58H,21-23,48H2,1-6H3,(H,49,55)/t31-,32-,33+,35-,36+,37+,38?,40?,45+,46-,47+/m0/s1. The van der Waals surface area contributed by atoms with E-state index in [4.69, 9.17) is 29.4 Å². The lowest BCUT2D eigenvalue weighted by molar-refractivity contribution is -0.346. The SMILES string of the molecule is CC(=O)O[C@H]1C(=O)[C@@]2(C)C(C(OC(=O)c3ccccc3)[C@]3(O)C[C@H](OC(=O)[C@H](O)[C@@H](NC(=O)c4cccc(N)c4)c4ccccc4)C(C)=C1C3(C)C)[C@]1(OC(C)=O)CO[C@@H]1C[C@@H]2O. The third-order valence-electron chi connectivity index (χ3n) is 13.6. The van der Waals surface area contributed by atoms with Crippen molar-refractivity contribution in [2.45, 2.75) is 108 Å². The molecular formula is C47H52N2O14. The smallest absolute Gasteiger partial charge is 0.338 e. The number of benzene rings is 3. The van der Waals surface area contributed by atoms with E-state index in [0.29, 0.717) is 11.3 Å². The summed E-state index contributed by atoms with van der Waals surface area (Å²) in [5, 5.41) is 40.3. The van der Waals surface area contributed by atoms with Gasteiger partial charge in [-0.15, -0.1) is 0 Å². The summed E-state index contributed by atoms with van der Waals surface area (Å²) >= 11 is 0. The number of Topliss-reactive ketones (excluding diaryl/α,β-unsaturated/α-hetero) is 1. The van der Waals surface area contributed by atoms with Crippen LogP contribution in [0.4, 0.5) is 5.69 Å². The summed E-state index contributed by atoms with van der Waals surface area (Å²) in [4.78, 5) is 83.6. The molecule has 3 aliphatic carbocycles. The van der Waals surface area contributed by atoms with E-state index in [1.165, 1.54) is 38.1 Å². The van der Waals surface area contributed by atoms with Gasteiger partial charge >= 0.3 is 23.9 Å². The third-order valence-corrected chi connectivity index (χ3v) is 13.6. The zero-order chi connectivity index (χ0) is 45.8. The van der Waals surface area contributed by atoms with E-state index in [9.17, 15) is 39.3 Å². The number of aliphatic hydroxyl groups is 3. The zero-order valence-corrected chi connectivity index (χ0v) is 35.7. The third kappa shape index (κ3) is 7.58. The zero-order valence-electron chi connectivity index (χ0n) is 35.7. The first-order valence-corrected chi connectivity index (χ1v) is 20.7. The Labute approximate surface area is 363 Å². The number of carbonyl (C=O) groups is 6. The number of ether oxygens (including phenoxy) is 5. The number of nitrogens with one attached hydrogen (secondary N) is 1. The molecule has 2 unspecified atom stereocenters. The molecular weight excluding hydrogens is 817 g/mol. The van der Waals surface area contributed by atoms with Crippen molar-refractivity contribution in [2.75, 3.05) is 12.3 Å². The van der Waals surface area contributed by atoms with Crippen LogP contribution in [0.5, 0.6) is 0 Å². The summed E-state index contributed by atoms with van der Waals surface area (Å²) < 4.78 is 30.3. The second-order valence-corrected chi connectivity index (χ2v) is 17.6. The summed E-state index contributed by atoms with van der Waals surface area (Å²) in [6.07, 6.45) is -10.6. The van der Waals surface area contributed by atoms with Gasteiger partial charge in [0.05, 0.1) is 35.6 Å². The number of fused-ring (bicyclic) bond motifs is 5. The van der Waals surface area contributed by atoms with E-state index >= 15 is 4.79 Å². The van der Waals surface area contributed by atoms with Gasteiger partial charge in [-0.05, 0) is 60.9 Å². The number of nitrogens with two attached hydrogens (primary N) is 1. The monoisotopic (exact) mass is 868 g/mol. The van der Waals surface area contributed by atoms with Gasteiger partial charge in [-0.2, -0.15) is 0 Å². The topological polar surface area (TPSA) is 247 Å². The van der Waals surface area contributed by atoms with Crippen molar-refractivity contribution in [3.63, 3.8) is 0 Å². The molecule has 11 atom stereocenters. The van der Waals surface area contributed by atoms with E-state index in [1.807, 2.05) is 0 Å². The molecule has 0 aromatic heterocycles. The lowest BCUT2D eigenvalue weighted by Crippen LogP contribution is -2.82. The first-order chi connectivity index (χ1) is 29.7. The van der Waals surface area contributed by atoms with E-state index in [2.05, 4.69) is 5.32 Å². The van der Waals surface area contributed by atoms with Gasteiger partial charge in [0.2, 0.25) is 0 Å². The summed E-state index contributed by atoms with van der Waals surface area (Å²) in [5.74, 6) is -6.98. The Morgan fingerprint density at radius 2 is 1.51 bits per heavy atom. The molecule has 3 aromatic rings. The van der Waals surface area contributed by atoms with Crippen LogP contribution < -0.4 is 11.1 Å². The average Bonchev–Trinajstić information content (AvgIpc) is 3.23. The van der Waals surface area contributed by atoms with Gasteiger partial charge in [0.1, 0.15) is 23.9 Å². The fourth-order valence-electron chi connectivity index (χ4n) is 10.3. The van der Waals surface area contributed by atoms with Crippen molar-refractivity contribution in [3.8, 4) is 0 Å². The summed E-state index contributed by atoms with van der Waals surface area (Å²) in [5.41, 5.74) is -1.02. The van der Waals surface area contributed by atoms with Gasteiger partial charge in [-0.3, -0.25) is 19.2 Å². The Bertz CT molecular complexity index is 2350. The lowest BCUT2D eigenvalue weighted by Gasteiger charge is -2.67. The second kappa shape index (κ2) is 16.6. The number of ketones is 1. The van der Waals surface area contributed by atoms with Crippen LogP contribution in [0.25, 0.3) is 0 Å². The molecule has 2 bridgehead atoms. The molecule has 1 amide bonds. The van der Waals surface area contributed by atoms with Crippen molar-refractivity contribution in [1.29, 1.82) is 0 Å². The van der Waals surface area contributed by atoms with Crippen LogP contribution in [0.15, 0.2) is 96.1 Å². The first kappa shape index (κ1) is 45.1. The van der Waals surface area contributed by atoms with Gasteiger partial charge in [0.15, 0.2) is 23.6 Å². The summed E-state index contributed by atoms with van der Waals surface area (Å²) in [6.45, 7) is 7.93. The first-order valence-electron chi connectivity index (χ1n) is 20.7. The second-order valence-electron chi connectivity index (χ2n) is 17.6. The number of hydrogen-bond acceptors (Lipinski definition) is 15. The summed E-state index contributed by atoms with van der Waals surface area (Å²) in [7, 11) is 0. The van der Waals surface area contributed by atoms with Crippen LogP contribution >= 0.6 is 0 Å².